The Kier molecular flexibility index (Phi) is 5.30. The van der Waals surface area contributed by atoms with Gasteiger partial charge < -0.3 is 10.6 Å². The summed E-state index contributed by atoms with van der Waals surface area (Å²) in [6.07, 6.45) is 7.49. The molecule has 1 amide bonds. The van der Waals surface area contributed by atoms with Crippen molar-refractivity contribution in [2.24, 2.45) is 0 Å². The predicted octanol–water partition coefficient (Wildman–Crippen LogP) is 4.44. The average Bonchev–Trinajstić information content (AvgIpc) is 2.59. The SMILES string of the molecule is Cc1ccc(Cl)cc1NC(=O)c1cc(NC2CCCCC2)ncn1. The molecule has 1 aliphatic carbocycles. The highest BCUT2D eigenvalue weighted by molar-refractivity contribution is 6.31. The Hall–Kier alpha value is -2.14. The molecule has 0 bridgehead atoms. The van der Waals surface area contributed by atoms with Gasteiger partial charge in [0.2, 0.25) is 0 Å². The molecule has 6 heteroatoms. The molecule has 0 radical (unpaired) electrons. The first-order chi connectivity index (χ1) is 11.6. The van der Waals surface area contributed by atoms with Crippen molar-refractivity contribution >= 4 is 29.0 Å². The van der Waals surface area contributed by atoms with Crippen molar-refractivity contribution in [3.63, 3.8) is 0 Å². The molecule has 1 fully saturated rings. The van der Waals surface area contributed by atoms with E-state index in [4.69, 9.17) is 11.6 Å². The first-order valence-electron chi connectivity index (χ1n) is 8.28. The lowest BCUT2D eigenvalue weighted by Gasteiger charge is -2.23. The van der Waals surface area contributed by atoms with Crippen molar-refractivity contribution < 1.29 is 4.79 Å². The van der Waals surface area contributed by atoms with Crippen molar-refractivity contribution in [3.05, 3.63) is 46.9 Å². The van der Waals surface area contributed by atoms with Crippen LogP contribution in [0.4, 0.5) is 11.5 Å². The number of aromatic nitrogens is 2. The lowest BCUT2D eigenvalue weighted by atomic mass is 9.95. The zero-order chi connectivity index (χ0) is 16.9. The van der Waals surface area contributed by atoms with Crippen LogP contribution in [0.2, 0.25) is 5.02 Å². The van der Waals surface area contributed by atoms with Gasteiger partial charge in [-0.15, -0.1) is 0 Å². The number of nitrogens with zero attached hydrogens (tertiary/aromatic N) is 2. The topological polar surface area (TPSA) is 66.9 Å². The smallest absolute Gasteiger partial charge is 0.274 e. The molecule has 0 saturated heterocycles. The van der Waals surface area contributed by atoms with Gasteiger partial charge in [0, 0.05) is 22.8 Å². The minimum absolute atomic E-state index is 0.269. The van der Waals surface area contributed by atoms with E-state index in [0.29, 0.717) is 28.3 Å². The summed E-state index contributed by atoms with van der Waals surface area (Å²) in [4.78, 5) is 20.8. The van der Waals surface area contributed by atoms with Crippen LogP contribution in [0.3, 0.4) is 0 Å². The number of hydrogen-bond donors (Lipinski definition) is 2. The average molecular weight is 345 g/mol. The van der Waals surface area contributed by atoms with E-state index in [1.807, 2.05) is 13.0 Å². The minimum atomic E-state index is -0.269. The van der Waals surface area contributed by atoms with Crippen molar-refractivity contribution in [1.29, 1.82) is 0 Å². The number of halogens is 1. The number of amides is 1. The van der Waals surface area contributed by atoms with Crippen LogP contribution in [0.5, 0.6) is 0 Å². The van der Waals surface area contributed by atoms with Crippen molar-refractivity contribution in [1.82, 2.24) is 9.97 Å². The molecule has 24 heavy (non-hydrogen) atoms. The quantitative estimate of drug-likeness (QED) is 0.860. The summed E-state index contributed by atoms with van der Waals surface area (Å²) in [5.74, 6) is 0.430. The lowest BCUT2D eigenvalue weighted by Crippen LogP contribution is -2.23. The number of carbonyl (C=O) groups is 1. The lowest BCUT2D eigenvalue weighted by molar-refractivity contribution is 0.102. The van der Waals surface area contributed by atoms with Gasteiger partial charge in [0.1, 0.15) is 17.8 Å². The molecule has 5 nitrogen and oxygen atoms in total. The maximum atomic E-state index is 12.4. The van der Waals surface area contributed by atoms with Crippen LogP contribution in [-0.4, -0.2) is 21.9 Å². The van der Waals surface area contributed by atoms with E-state index < -0.39 is 0 Å². The number of hydrogen-bond acceptors (Lipinski definition) is 4. The van der Waals surface area contributed by atoms with Gasteiger partial charge in [-0.25, -0.2) is 9.97 Å². The van der Waals surface area contributed by atoms with Gasteiger partial charge in [-0.05, 0) is 37.5 Å². The molecule has 0 atom stereocenters. The number of aryl methyl sites for hydroxylation is 1. The fourth-order valence-electron chi connectivity index (χ4n) is 2.93. The summed E-state index contributed by atoms with van der Waals surface area (Å²) < 4.78 is 0. The second-order valence-electron chi connectivity index (χ2n) is 6.18. The van der Waals surface area contributed by atoms with Crippen LogP contribution in [0, 0.1) is 6.92 Å². The summed E-state index contributed by atoms with van der Waals surface area (Å²) >= 11 is 5.99. The van der Waals surface area contributed by atoms with Crippen LogP contribution in [0.1, 0.15) is 48.2 Å². The molecule has 1 aliphatic rings. The minimum Gasteiger partial charge on any atom is -0.367 e. The molecule has 1 aromatic carbocycles. The van der Waals surface area contributed by atoms with Gasteiger partial charge in [-0.3, -0.25) is 4.79 Å². The van der Waals surface area contributed by atoms with Crippen LogP contribution >= 0.6 is 11.6 Å². The molecule has 3 rings (SSSR count). The Morgan fingerprint density at radius 1 is 1.17 bits per heavy atom. The van der Waals surface area contributed by atoms with Crippen LogP contribution in [-0.2, 0) is 0 Å². The van der Waals surface area contributed by atoms with E-state index in [0.717, 1.165) is 18.4 Å². The summed E-state index contributed by atoms with van der Waals surface area (Å²) in [5.41, 5.74) is 1.97. The largest absolute Gasteiger partial charge is 0.367 e. The van der Waals surface area contributed by atoms with Gasteiger partial charge in [-0.1, -0.05) is 36.9 Å². The van der Waals surface area contributed by atoms with Gasteiger partial charge >= 0.3 is 0 Å². The Morgan fingerprint density at radius 2 is 1.96 bits per heavy atom. The summed E-state index contributed by atoms with van der Waals surface area (Å²) in [6, 6.07) is 7.53. The fourth-order valence-corrected chi connectivity index (χ4v) is 3.10. The number of anilines is 2. The second-order valence-corrected chi connectivity index (χ2v) is 6.62. The van der Waals surface area contributed by atoms with Crippen molar-refractivity contribution in [2.45, 2.75) is 45.1 Å². The molecular weight excluding hydrogens is 324 g/mol. The molecule has 1 saturated carbocycles. The summed E-state index contributed by atoms with van der Waals surface area (Å²) in [5, 5.41) is 6.85. The third-order valence-corrected chi connectivity index (χ3v) is 4.54. The number of carbonyl (C=O) groups excluding carboxylic acids is 1. The molecule has 0 spiro atoms. The van der Waals surface area contributed by atoms with Crippen LogP contribution in [0.25, 0.3) is 0 Å². The first-order valence-corrected chi connectivity index (χ1v) is 8.66. The standard InChI is InChI=1S/C18H21ClN4O/c1-12-7-8-13(19)9-15(12)23-18(24)16-10-17(21-11-20-16)22-14-5-3-2-4-6-14/h7-11,14H,2-6H2,1H3,(H,23,24)(H,20,21,22). The van der Waals surface area contributed by atoms with Gasteiger partial charge in [0.25, 0.3) is 5.91 Å². The Morgan fingerprint density at radius 3 is 2.75 bits per heavy atom. The summed E-state index contributed by atoms with van der Waals surface area (Å²) in [7, 11) is 0. The Labute approximate surface area is 146 Å². The predicted molar refractivity (Wildman–Crippen MR) is 96.7 cm³/mol. The number of rotatable bonds is 4. The van der Waals surface area contributed by atoms with Crippen LogP contribution in [0.15, 0.2) is 30.6 Å². The second kappa shape index (κ2) is 7.62. The highest BCUT2D eigenvalue weighted by atomic mass is 35.5. The zero-order valence-corrected chi connectivity index (χ0v) is 14.4. The number of nitrogens with one attached hydrogen (secondary N) is 2. The van der Waals surface area contributed by atoms with Gasteiger partial charge in [0.15, 0.2) is 0 Å². The molecule has 1 heterocycles. The van der Waals surface area contributed by atoms with E-state index in [9.17, 15) is 4.79 Å². The maximum absolute atomic E-state index is 12.4. The van der Waals surface area contributed by atoms with Crippen molar-refractivity contribution in [3.8, 4) is 0 Å². The molecule has 126 valence electrons. The Bertz CT molecular complexity index is 729. The third kappa shape index (κ3) is 4.23. The van der Waals surface area contributed by atoms with Crippen LogP contribution < -0.4 is 10.6 Å². The fraction of sp³-hybridized carbons (Fsp3) is 0.389. The highest BCUT2D eigenvalue weighted by Gasteiger charge is 2.15. The molecule has 1 aromatic heterocycles. The van der Waals surface area contributed by atoms with Crippen molar-refractivity contribution in [2.75, 3.05) is 10.6 Å². The van der Waals surface area contributed by atoms with Gasteiger partial charge in [-0.2, -0.15) is 0 Å². The summed E-state index contributed by atoms with van der Waals surface area (Å²) in [6.45, 7) is 1.92. The number of benzene rings is 1. The van der Waals surface area contributed by atoms with E-state index in [1.165, 1.54) is 25.6 Å². The van der Waals surface area contributed by atoms with Gasteiger partial charge in [0.05, 0.1) is 0 Å². The third-order valence-electron chi connectivity index (χ3n) is 4.30. The van der Waals surface area contributed by atoms with E-state index in [1.54, 1.807) is 18.2 Å². The Balaban J connectivity index is 1.70. The zero-order valence-electron chi connectivity index (χ0n) is 13.7. The van der Waals surface area contributed by atoms with E-state index in [-0.39, 0.29) is 5.91 Å². The monoisotopic (exact) mass is 344 g/mol. The molecule has 2 N–H and O–H groups in total. The first kappa shape index (κ1) is 16.7. The molecule has 0 aliphatic heterocycles. The molecule has 2 aromatic rings. The van der Waals surface area contributed by atoms with E-state index in [2.05, 4.69) is 20.6 Å². The molecular formula is C18H21ClN4O. The maximum Gasteiger partial charge on any atom is 0.274 e. The normalized spacial score (nSPS) is 15.1. The molecule has 0 unspecified atom stereocenters. The highest BCUT2D eigenvalue weighted by Crippen LogP contribution is 2.22. The van der Waals surface area contributed by atoms with E-state index >= 15 is 0 Å².